The van der Waals surface area contributed by atoms with E-state index in [0.717, 1.165) is 24.7 Å². The minimum absolute atomic E-state index is 0.0573. The van der Waals surface area contributed by atoms with Crippen LogP contribution >= 0.6 is 0 Å². The van der Waals surface area contributed by atoms with Crippen molar-refractivity contribution in [3.05, 3.63) is 65.0 Å². The molecule has 9 nitrogen and oxygen atoms in total. The third-order valence-corrected chi connectivity index (χ3v) is 6.73. The summed E-state index contributed by atoms with van der Waals surface area (Å²) in [5.41, 5.74) is 0.431. The molecule has 39 heavy (non-hydrogen) atoms. The Bertz CT molecular complexity index is 1360. The standard InChI is InChI=1S/C27H29F3N6O3/c1-17-3-4-18(13-22(17)39-26-23-24(32-16-33-26)31-7-12-38-23)25(37)34-20-6-5-19(21(14-20)27(28,29)30)15-36-10-8-35(2)9-11-36/h3-6,13-14,16H,7-12,15H2,1-2H3,(H,34,37)(H,31,32,33). The van der Waals surface area contributed by atoms with Crippen molar-refractivity contribution < 1.29 is 27.4 Å². The van der Waals surface area contributed by atoms with E-state index in [4.69, 9.17) is 9.47 Å². The van der Waals surface area contributed by atoms with Gasteiger partial charge in [0, 0.05) is 44.0 Å². The lowest BCUT2D eigenvalue weighted by molar-refractivity contribution is -0.138. The van der Waals surface area contributed by atoms with Crippen molar-refractivity contribution >= 4 is 17.4 Å². The van der Waals surface area contributed by atoms with Gasteiger partial charge in [0.05, 0.1) is 12.1 Å². The molecule has 0 spiro atoms. The molecule has 0 saturated carbocycles. The third-order valence-electron chi connectivity index (χ3n) is 6.73. The number of carbonyl (C=O) groups is 1. The molecule has 2 aliphatic heterocycles. The zero-order chi connectivity index (χ0) is 27.6. The van der Waals surface area contributed by atoms with Crippen molar-refractivity contribution in [3.8, 4) is 17.4 Å². The van der Waals surface area contributed by atoms with Gasteiger partial charge in [-0.05, 0) is 49.4 Å². The first-order valence-corrected chi connectivity index (χ1v) is 12.6. The van der Waals surface area contributed by atoms with E-state index in [1.807, 2.05) is 11.9 Å². The first-order valence-electron chi connectivity index (χ1n) is 12.6. The van der Waals surface area contributed by atoms with Crippen molar-refractivity contribution in [2.24, 2.45) is 0 Å². The quantitative estimate of drug-likeness (QED) is 0.474. The number of nitrogens with zero attached hydrogens (tertiary/aromatic N) is 4. The van der Waals surface area contributed by atoms with Crippen LogP contribution < -0.4 is 20.1 Å². The number of fused-ring (bicyclic) bond motifs is 1. The molecule has 1 amide bonds. The first kappa shape index (κ1) is 26.7. The van der Waals surface area contributed by atoms with Crippen LogP contribution in [0, 0.1) is 6.92 Å². The number of carbonyl (C=O) groups excluding carboxylic acids is 1. The number of hydrogen-bond donors (Lipinski definition) is 2. The summed E-state index contributed by atoms with van der Waals surface area (Å²) in [7, 11) is 1.99. The number of anilines is 2. The molecule has 0 aliphatic carbocycles. The van der Waals surface area contributed by atoms with Crippen molar-refractivity contribution in [2.75, 3.05) is 57.0 Å². The number of piperazine rings is 1. The molecule has 1 saturated heterocycles. The predicted molar refractivity (Wildman–Crippen MR) is 139 cm³/mol. The molecular formula is C27H29F3N6O3. The molecule has 0 bridgehead atoms. The van der Waals surface area contributed by atoms with E-state index in [1.54, 1.807) is 19.1 Å². The van der Waals surface area contributed by atoms with E-state index in [9.17, 15) is 18.0 Å². The Balaban J connectivity index is 1.33. The van der Waals surface area contributed by atoms with Crippen LogP contribution in [0.25, 0.3) is 0 Å². The smallest absolute Gasteiger partial charge is 0.416 e. The van der Waals surface area contributed by atoms with Crippen LogP contribution in [0.3, 0.4) is 0 Å². The number of aromatic nitrogens is 2. The summed E-state index contributed by atoms with van der Waals surface area (Å²) < 4.78 is 53.4. The lowest BCUT2D eigenvalue weighted by Gasteiger charge is -2.33. The number of benzene rings is 2. The maximum absolute atomic E-state index is 13.9. The molecule has 3 aromatic rings. The minimum Gasteiger partial charge on any atom is -0.483 e. The normalized spacial score (nSPS) is 16.1. The molecule has 1 aromatic heterocycles. The van der Waals surface area contributed by atoms with Gasteiger partial charge in [-0.3, -0.25) is 9.69 Å². The van der Waals surface area contributed by atoms with Crippen LogP contribution in [0.5, 0.6) is 17.4 Å². The van der Waals surface area contributed by atoms with Crippen LogP contribution in [0.4, 0.5) is 24.7 Å². The number of alkyl halides is 3. The summed E-state index contributed by atoms with van der Waals surface area (Å²) in [5.74, 6) is 0.862. The van der Waals surface area contributed by atoms with Crippen LogP contribution in [0.1, 0.15) is 27.0 Å². The average Bonchev–Trinajstić information content (AvgIpc) is 2.91. The number of nitrogens with one attached hydrogen (secondary N) is 2. The van der Waals surface area contributed by atoms with Gasteiger partial charge in [0.1, 0.15) is 18.7 Å². The van der Waals surface area contributed by atoms with Crippen molar-refractivity contribution in [1.82, 2.24) is 19.8 Å². The Morgan fingerprint density at radius 2 is 1.92 bits per heavy atom. The zero-order valence-electron chi connectivity index (χ0n) is 21.6. The van der Waals surface area contributed by atoms with Crippen molar-refractivity contribution in [1.29, 1.82) is 0 Å². The number of rotatable bonds is 6. The van der Waals surface area contributed by atoms with Gasteiger partial charge in [0.25, 0.3) is 11.8 Å². The highest BCUT2D eigenvalue weighted by molar-refractivity contribution is 6.04. The minimum atomic E-state index is -4.55. The molecule has 0 radical (unpaired) electrons. The van der Waals surface area contributed by atoms with Gasteiger partial charge in [-0.25, -0.2) is 4.98 Å². The second kappa shape index (κ2) is 11.1. The molecule has 2 aliphatic rings. The van der Waals surface area contributed by atoms with E-state index in [0.29, 0.717) is 43.6 Å². The molecule has 2 N–H and O–H groups in total. The monoisotopic (exact) mass is 542 g/mol. The van der Waals surface area contributed by atoms with Crippen LogP contribution in [0.2, 0.25) is 0 Å². The highest BCUT2D eigenvalue weighted by Gasteiger charge is 2.34. The average molecular weight is 543 g/mol. The third kappa shape index (κ3) is 6.23. The Morgan fingerprint density at radius 3 is 2.69 bits per heavy atom. The van der Waals surface area contributed by atoms with Crippen LogP contribution in [0.15, 0.2) is 42.7 Å². The molecule has 2 aromatic carbocycles. The fourth-order valence-corrected chi connectivity index (χ4v) is 4.47. The topological polar surface area (TPSA) is 91.9 Å². The van der Waals surface area contributed by atoms with Crippen molar-refractivity contribution in [2.45, 2.75) is 19.6 Å². The molecule has 206 valence electrons. The molecule has 5 rings (SSSR count). The molecule has 12 heteroatoms. The Morgan fingerprint density at radius 1 is 1.13 bits per heavy atom. The second-order valence-electron chi connectivity index (χ2n) is 9.62. The summed E-state index contributed by atoms with van der Waals surface area (Å²) in [6.07, 6.45) is -3.21. The lowest BCUT2D eigenvalue weighted by atomic mass is 10.0. The fraction of sp³-hybridized carbons (Fsp3) is 0.370. The van der Waals surface area contributed by atoms with Gasteiger partial charge in [-0.15, -0.1) is 0 Å². The van der Waals surface area contributed by atoms with E-state index in [1.165, 1.54) is 24.5 Å². The van der Waals surface area contributed by atoms with Gasteiger partial charge in [0.2, 0.25) is 5.75 Å². The highest BCUT2D eigenvalue weighted by Crippen LogP contribution is 2.37. The molecule has 3 heterocycles. The number of amides is 1. The van der Waals surface area contributed by atoms with Gasteiger partial charge in [-0.1, -0.05) is 12.1 Å². The van der Waals surface area contributed by atoms with Gasteiger partial charge >= 0.3 is 6.18 Å². The number of likely N-dealkylation sites (N-methyl/N-ethyl adjacent to an activating group) is 1. The fourth-order valence-electron chi connectivity index (χ4n) is 4.47. The number of aryl methyl sites for hydroxylation is 1. The van der Waals surface area contributed by atoms with E-state index >= 15 is 0 Å². The summed E-state index contributed by atoms with van der Waals surface area (Å²) in [6.45, 7) is 6.04. The first-order chi connectivity index (χ1) is 18.7. The zero-order valence-corrected chi connectivity index (χ0v) is 21.6. The maximum Gasteiger partial charge on any atom is 0.416 e. The molecule has 1 fully saturated rings. The second-order valence-corrected chi connectivity index (χ2v) is 9.62. The summed E-state index contributed by atoms with van der Waals surface area (Å²) in [4.78, 5) is 25.5. The maximum atomic E-state index is 13.9. The van der Waals surface area contributed by atoms with Gasteiger partial charge < -0.3 is 25.0 Å². The Labute approximate surface area is 223 Å². The molecular weight excluding hydrogens is 513 g/mol. The van der Waals surface area contributed by atoms with E-state index < -0.39 is 17.6 Å². The molecule has 0 unspecified atom stereocenters. The Kier molecular flexibility index (Phi) is 7.58. The van der Waals surface area contributed by atoms with Gasteiger partial charge in [-0.2, -0.15) is 18.2 Å². The summed E-state index contributed by atoms with van der Waals surface area (Å²) in [5, 5.41) is 5.69. The van der Waals surface area contributed by atoms with E-state index in [-0.39, 0.29) is 29.2 Å². The lowest BCUT2D eigenvalue weighted by Crippen LogP contribution is -2.44. The number of halogens is 3. The SMILES string of the molecule is Cc1ccc(C(=O)Nc2ccc(CN3CCN(C)CC3)c(C(F)(F)F)c2)cc1Oc1ncnc2c1OCCN2. The van der Waals surface area contributed by atoms with Crippen molar-refractivity contribution in [3.63, 3.8) is 0 Å². The predicted octanol–water partition coefficient (Wildman–Crippen LogP) is 4.40. The number of hydrogen-bond acceptors (Lipinski definition) is 8. The Hall–Kier alpha value is -3.90. The van der Waals surface area contributed by atoms with E-state index in [2.05, 4.69) is 25.5 Å². The highest BCUT2D eigenvalue weighted by atomic mass is 19.4. The molecule has 0 atom stereocenters. The van der Waals surface area contributed by atoms with Gasteiger partial charge in [0.15, 0.2) is 5.82 Å². The summed E-state index contributed by atoms with van der Waals surface area (Å²) in [6, 6.07) is 8.72. The summed E-state index contributed by atoms with van der Waals surface area (Å²) >= 11 is 0. The number of ether oxygens (including phenoxy) is 2. The van der Waals surface area contributed by atoms with Crippen LogP contribution in [-0.4, -0.2) is 72.1 Å². The van der Waals surface area contributed by atoms with Crippen LogP contribution in [-0.2, 0) is 12.7 Å². The largest absolute Gasteiger partial charge is 0.483 e.